The molecule has 14 heteroatoms. The van der Waals surface area contributed by atoms with Crippen LogP contribution >= 0.6 is 0 Å². The highest BCUT2D eigenvalue weighted by Crippen LogP contribution is 2.29. The molecule has 0 radical (unpaired) electrons. The largest absolute Gasteiger partial charge is 0.346 e. The molecule has 4 atom stereocenters. The van der Waals surface area contributed by atoms with Crippen molar-refractivity contribution >= 4 is 41.5 Å². The van der Waals surface area contributed by atoms with E-state index in [1.807, 2.05) is 20.8 Å². The highest BCUT2D eigenvalue weighted by atomic mass is 16.2. The van der Waals surface area contributed by atoms with Gasteiger partial charge in [-0.2, -0.15) is 0 Å². The summed E-state index contributed by atoms with van der Waals surface area (Å²) in [5.41, 5.74) is 3.01. The van der Waals surface area contributed by atoms with E-state index in [2.05, 4.69) is 44.8 Å². The Morgan fingerprint density at radius 1 is 1.04 bits per heavy atom. The van der Waals surface area contributed by atoms with Gasteiger partial charge in [0.05, 0.1) is 19.1 Å². The number of allylic oxidation sites excluding steroid dienone is 1. The lowest BCUT2D eigenvalue weighted by Gasteiger charge is -2.41. The molecule has 0 aromatic carbocycles. The van der Waals surface area contributed by atoms with Crippen LogP contribution in [0.3, 0.4) is 0 Å². The lowest BCUT2D eigenvalue weighted by Crippen LogP contribution is -2.64. The molecule has 5 N–H and O–H groups in total. The van der Waals surface area contributed by atoms with E-state index in [1.54, 1.807) is 34.6 Å². The summed E-state index contributed by atoms with van der Waals surface area (Å²) < 4.78 is 0. The van der Waals surface area contributed by atoms with Gasteiger partial charge in [0.2, 0.25) is 23.5 Å². The van der Waals surface area contributed by atoms with Gasteiger partial charge in [0.15, 0.2) is 0 Å². The number of urea groups is 2. The summed E-state index contributed by atoms with van der Waals surface area (Å²) >= 11 is 0. The first-order chi connectivity index (χ1) is 23.7. The van der Waals surface area contributed by atoms with Crippen LogP contribution in [0.25, 0.3) is 0 Å². The third kappa shape index (κ3) is 12.0. The first-order valence-corrected chi connectivity index (χ1v) is 16.9. The fraction of sp³-hybridized carbons (Fsp3) is 0.568. The van der Waals surface area contributed by atoms with Crippen molar-refractivity contribution in [3.8, 4) is 12.3 Å². The number of hydrogen-bond acceptors (Lipinski definition) is 7. The second kappa shape index (κ2) is 18.2. The van der Waals surface area contributed by atoms with E-state index in [0.717, 1.165) is 10.5 Å². The number of likely N-dealkylation sites (tertiary alicyclic amines) is 1. The molecule has 278 valence electrons. The van der Waals surface area contributed by atoms with Gasteiger partial charge in [-0.15, -0.1) is 24.7 Å². The summed E-state index contributed by atoms with van der Waals surface area (Å²) in [5.74, 6) is -1.15. The SMILES string of the molecule is C#CC/C=C/C(NC(=O)[C@@H]1C(=C=C(C)C)CCCN1C(=O)[C@@H](NC(=O)N[C@H](CN1C(=O)CNC1=O)C(C)(C)C)C(C)(C)C)C(=O)C(=O)NCC=C. The summed E-state index contributed by atoms with van der Waals surface area (Å²) in [6.45, 7) is 17.9. The minimum absolute atomic E-state index is 0.0364. The topological polar surface area (TPSA) is 186 Å². The van der Waals surface area contributed by atoms with Gasteiger partial charge < -0.3 is 31.5 Å². The number of terminal acetylenes is 1. The molecule has 2 aliphatic heterocycles. The molecule has 0 bridgehead atoms. The zero-order valence-corrected chi connectivity index (χ0v) is 31.0. The number of piperidine rings is 1. The van der Waals surface area contributed by atoms with Crippen molar-refractivity contribution < 1.29 is 33.6 Å². The van der Waals surface area contributed by atoms with E-state index in [0.29, 0.717) is 18.4 Å². The Bertz CT molecular complexity index is 1520. The van der Waals surface area contributed by atoms with Gasteiger partial charge >= 0.3 is 12.1 Å². The summed E-state index contributed by atoms with van der Waals surface area (Å²) in [6, 6.07) is -5.68. The van der Waals surface area contributed by atoms with Crippen molar-refractivity contribution in [2.45, 2.75) is 98.8 Å². The molecule has 0 aromatic rings. The monoisotopic (exact) mass is 707 g/mol. The van der Waals surface area contributed by atoms with Crippen molar-refractivity contribution in [1.82, 2.24) is 36.4 Å². The Morgan fingerprint density at radius 2 is 1.71 bits per heavy atom. The molecule has 2 rings (SSSR count). The molecule has 0 aliphatic carbocycles. The summed E-state index contributed by atoms with van der Waals surface area (Å²) in [4.78, 5) is 94.9. The molecular weight excluding hydrogens is 654 g/mol. The van der Waals surface area contributed by atoms with Crippen LogP contribution in [0.1, 0.15) is 74.7 Å². The fourth-order valence-corrected chi connectivity index (χ4v) is 5.49. The molecule has 0 aromatic heterocycles. The number of nitrogens with one attached hydrogen (secondary N) is 5. The maximum atomic E-state index is 14.5. The number of rotatable bonds is 13. The smallest absolute Gasteiger partial charge is 0.324 e. The molecule has 8 amide bonds. The van der Waals surface area contributed by atoms with Crippen LogP contribution in [0, 0.1) is 23.2 Å². The van der Waals surface area contributed by atoms with Crippen LogP contribution < -0.4 is 26.6 Å². The summed E-state index contributed by atoms with van der Waals surface area (Å²) in [7, 11) is 0. The third-order valence-corrected chi connectivity index (χ3v) is 8.25. The van der Waals surface area contributed by atoms with E-state index in [4.69, 9.17) is 6.42 Å². The van der Waals surface area contributed by atoms with Gasteiger partial charge in [-0.25, -0.2) is 9.59 Å². The van der Waals surface area contributed by atoms with Gasteiger partial charge in [0, 0.05) is 25.1 Å². The molecule has 1 unspecified atom stereocenters. The molecule has 51 heavy (non-hydrogen) atoms. The zero-order chi connectivity index (χ0) is 38.7. The Labute approximate surface area is 301 Å². The van der Waals surface area contributed by atoms with E-state index in [9.17, 15) is 33.6 Å². The Kier molecular flexibility index (Phi) is 15.0. The van der Waals surface area contributed by atoms with Gasteiger partial charge in [0.25, 0.3) is 5.91 Å². The summed E-state index contributed by atoms with van der Waals surface area (Å²) in [5, 5.41) is 13.1. The minimum atomic E-state index is -1.39. The molecule has 2 heterocycles. The van der Waals surface area contributed by atoms with E-state index < -0.39 is 76.5 Å². The number of amides is 8. The summed E-state index contributed by atoms with van der Waals surface area (Å²) in [6.07, 6.45) is 10.7. The number of carbonyl (C=O) groups is 7. The maximum absolute atomic E-state index is 14.5. The maximum Gasteiger partial charge on any atom is 0.324 e. The second-order valence-corrected chi connectivity index (χ2v) is 14.9. The van der Waals surface area contributed by atoms with Crippen LogP contribution in [0.5, 0.6) is 0 Å². The second-order valence-electron chi connectivity index (χ2n) is 14.9. The van der Waals surface area contributed by atoms with Gasteiger partial charge in [-0.3, -0.25) is 28.9 Å². The molecule has 2 aliphatic rings. The zero-order valence-electron chi connectivity index (χ0n) is 31.0. The molecule has 2 saturated heterocycles. The normalized spacial score (nSPS) is 18.1. The van der Waals surface area contributed by atoms with Crippen molar-refractivity contribution in [3.63, 3.8) is 0 Å². The van der Waals surface area contributed by atoms with E-state index in [1.165, 1.54) is 23.1 Å². The highest BCUT2D eigenvalue weighted by molar-refractivity contribution is 6.39. The average Bonchev–Trinajstić information content (AvgIpc) is 3.35. The molecule has 2 fully saturated rings. The molecule has 0 saturated carbocycles. The van der Waals surface area contributed by atoms with Gasteiger partial charge in [-0.1, -0.05) is 59.8 Å². The van der Waals surface area contributed by atoms with Crippen molar-refractivity contribution in [2.24, 2.45) is 10.8 Å². The number of ketones is 1. The first kappa shape index (κ1) is 42.0. The molecule has 14 nitrogen and oxygen atoms in total. The Morgan fingerprint density at radius 3 is 2.24 bits per heavy atom. The average molecular weight is 708 g/mol. The van der Waals surface area contributed by atoms with Crippen molar-refractivity contribution in [2.75, 3.05) is 26.2 Å². The number of hydrogen-bond donors (Lipinski definition) is 5. The lowest BCUT2D eigenvalue weighted by atomic mass is 9.84. The quantitative estimate of drug-likeness (QED) is 0.0638. The number of nitrogens with zero attached hydrogens (tertiary/aromatic N) is 2. The molecule has 0 spiro atoms. The lowest BCUT2D eigenvalue weighted by molar-refractivity contribution is -0.144. The highest BCUT2D eigenvalue weighted by Gasteiger charge is 2.44. The predicted molar refractivity (Wildman–Crippen MR) is 193 cm³/mol. The van der Waals surface area contributed by atoms with Crippen molar-refractivity contribution in [3.05, 3.63) is 41.7 Å². The van der Waals surface area contributed by atoms with Crippen LogP contribution in [-0.2, 0) is 24.0 Å². The number of imide groups is 1. The third-order valence-electron chi connectivity index (χ3n) is 8.25. The molecular formula is C37H53N7O7. The van der Waals surface area contributed by atoms with Crippen LogP contribution in [-0.4, -0.2) is 102 Å². The number of carbonyl (C=O) groups excluding carboxylic acids is 7. The van der Waals surface area contributed by atoms with Crippen LogP contribution in [0.15, 0.2) is 41.7 Å². The van der Waals surface area contributed by atoms with Gasteiger partial charge in [-0.05, 0) is 43.1 Å². The number of Topliss-reactive ketones (excluding diaryl/α,β-unsaturated/α-hetero) is 1. The van der Waals surface area contributed by atoms with Crippen LogP contribution in [0.4, 0.5) is 9.59 Å². The van der Waals surface area contributed by atoms with Gasteiger partial charge in [0.1, 0.15) is 18.1 Å². The van der Waals surface area contributed by atoms with E-state index in [-0.39, 0.29) is 32.6 Å². The first-order valence-electron chi connectivity index (χ1n) is 16.9. The van der Waals surface area contributed by atoms with Crippen molar-refractivity contribution in [1.29, 1.82) is 0 Å². The Hall–Kier alpha value is -5.15. The minimum Gasteiger partial charge on any atom is -0.346 e. The predicted octanol–water partition coefficient (Wildman–Crippen LogP) is 2.08. The standard InChI is InChI=1S/C37H53N7O7/c1-11-13-14-17-25(29(46)32(48)38-18-12-2)40-31(47)28-24(20-23(3)4)16-15-19-43(28)33(49)30(37(8,9)10)42-34(50)41-26(36(5,6)7)22-44-27(45)21-39-35(44)51/h1,12,14,17,25-26,28,30H,2,13,15-16,18-19,21-22H2,3-10H3,(H,38,48)(H,39,51)(H,40,47)(H2,41,42,50)/b17-14+/t25?,26-,28+,30-/m1/s1. The van der Waals surface area contributed by atoms with E-state index >= 15 is 0 Å². The van der Waals surface area contributed by atoms with Crippen LogP contribution in [0.2, 0.25) is 0 Å². The fourth-order valence-electron chi connectivity index (χ4n) is 5.49. The Balaban J connectivity index is 2.48.